The zero-order valence-electron chi connectivity index (χ0n) is 12.6. The molecule has 0 radical (unpaired) electrons. The fourth-order valence-corrected chi connectivity index (χ4v) is 2.96. The Morgan fingerprint density at radius 2 is 2.09 bits per heavy atom. The van der Waals surface area contributed by atoms with E-state index in [1.807, 2.05) is 30.5 Å². The van der Waals surface area contributed by atoms with Crippen LogP contribution in [0.5, 0.6) is 0 Å². The molecule has 2 aromatic rings. The van der Waals surface area contributed by atoms with Crippen molar-refractivity contribution in [3.05, 3.63) is 36.0 Å². The molecule has 1 heterocycles. The van der Waals surface area contributed by atoms with Crippen LogP contribution in [0.15, 0.2) is 35.6 Å². The van der Waals surface area contributed by atoms with Gasteiger partial charge in [0, 0.05) is 28.7 Å². The van der Waals surface area contributed by atoms with Gasteiger partial charge < -0.3 is 10.3 Å². The highest BCUT2D eigenvalue weighted by molar-refractivity contribution is 5.99. The van der Waals surface area contributed by atoms with Crippen molar-refractivity contribution in [2.45, 2.75) is 38.1 Å². The minimum Gasteiger partial charge on any atom is -0.361 e. The molecule has 5 nitrogen and oxygen atoms in total. The van der Waals surface area contributed by atoms with E-state index in [0.29, 0.717) is 12.6 Å². The predicted octanol–water partition coefficient (Wildman–Crippen LogP) is 2.54. The number of benzene rings is 1. The first-order chi connectivity index (χ1) is 10.8. The molecule has 0 bridgehead atoms. The topological polar surface area (TPSA) is 69.3 Å². The van der Waals surface area contributed by atoms with E-state index in [1.54, 1.807) is 6.21 Å². The quantitative estimate of drug-likeness (QED) is 0.586. The van der Waals surface area contributed by atoms with E-state index >= 15 is 0 Å². The molecule has 3 rings (SSSR count). The molecule has 1 aliphatic carbocycles. The van der Waals surface area contributed by atoms with E-state index in [4.69, 9.17) is 0 Å². The van der Waals surface area contributed by atoms with Crippen molar-refractivity contribution in [2.24, 2.45) is 5.10 Å². The van der Waals surface area contributed by atoms with Gasteiger partial charge in [0.2, 0.25) is 0 Å². The Labute approximate surface area is 130 Å². The van der Waals surface area contributed by atoms with Crippen LogP contribution in [0.4, 0.5) is 0 Å². The Bertz CT molecular complexity index is 655. The highest BCUT2D eigenvalue weighted by Crippen LogP contribution is 2.17. The molecule has 0 saturated heterocycles. The molecule has 1 saturated carbocycles. The Kier molecular flexibility index (Phi) is 4.85. The molecule has 1 aromatic heterocycles. The van der Waals surface area contributed by atoms with Crippen LogP contribution >= 0.6 is 0 Å². The van der Waals surface area contributed by atoms with E-state index in [2.05, 4.69) is 20.8 Å². The third-order valence-corrected chi connectivity index (χ3v) is 4.17. The van der Waals surface area contributed by atoms with Gasteiger partial charge in [-0.15, -0.1) is 0 Å². The highest BCUT2D eigenvalue weighted by Gasteiger charge is 2.13. The second-order valence-corrected chi connectivity index (χ2v) is 5.80. The normalized spacial score (nSPS) is 16.4. The molecule has 0 spiro atoms. The molecule has 1 aromatic carbocycles. The van der Waals surface area contributed by atoms with E-state index in [-0.39, 0.29) is 5.91 Å². The number of amides is 1. The molecule has 1 fully saturated rings. The number of carbonyl (C=O) groups is 1. The zero-order chi connectivity index (χ0) is 15.2. The molecule has 116 valence electrons. The summed E-state index contributed by atoms with van der Waals surface area (Å²) >= 11 is 0. The van der Waals surface area contributed by atoms with Crippen molar-refractivity contribution in [2.75, 3.05) is 6.54 Å². The van der Waals surface area contributed by atoms with Gasteiger partial charge in [-0.1, -0.05) is 37.5 Å². The average Bonchev–Trinajstić information content (AvgIpc) is 2.97. The second kappa shape index (κ2) is 7.22. The lowest BCUT2D eigenvalue weighted by molar-refractivity contribution is -0.120. The molecule has 1 amide bonds. The SMILES string of the molecule is O=C(CNC1CCCCC1)N/N=C\c1c[nH]c2ccccc12. The van der Waals surface area contributed by atoms with Crippen molar-refractivity contribution < 1.29 is 4.79 Å². The van der Waals surface area contributed by atoms with E-state index in [0.717, 1.165) is 16.5 Å². The third-order valence-electron chi connectivity index (χ3n) is 4.17. The minimum absolute atomic E-state index is 0.0957. The second-order valence-electron chi connectivity index (χ2n) is 5.80. The summed E-state index contributed by atoms with van der Waals surface area (Å²) in [6.45, 7) is 0.329. The molecular weight excluding hydrogens is 276 g/mol. The van der Waals surface area contributed by atoms with Crippen molar-refractivity contribution in [3.63, 3.8) is 0 Å². The summed E-state index contributed by atoms with van der Waals surface area (Å²) in [4.78, 5) is 15.0. The molecule has 22 heavy (non-hydrogen) atoms. The fourth-order valence-electron chi connectivity index (χ4n) is 2.96. The number of para-hydroxylation sites is 1. The monoisotopic (exact) mass is 298 g/mol. The summed E-state index contributed by atoms with van der Waals surface area (Å²) in [5, 5.41) is 8.44. The Morgan fingerprint density at radius 3 is 2.95 bits per heavy atom. The van der Waals surface area contributed by atoms with Crippen LogP contribution in [-0.2, 0) is 4.79 Å². The maximum absolute atomic E-state index is 11.8. The smallest absolute Gasteiger partial charge is 0.254 e. The summed E-state index contributed by atoms with van der Waals surface area (Å²) in [5.74, 6) is -0.0957. The molecule has 0 aliphatic heterocycles. The van der Waals surface area contributed by atoms with Crippen LogP contribution in [0, 0.1) is 0 Å². The maximum atomic E-state index is 11.8. The summed E-state index contributed by atoms with van der Waals surface area (Å²) in [6.07, 6.45) is 9.75. The van der Waals surface area contributed by atoms with Gasteiger partial charge in [0.15, 0.2) is 0 Å². The van der Waals surface area contributed by atoms with E-state index < -0.39 is 0 Å². The van der Waals surface area contributed by atoms with Crippen LogP contribution in [0.3, 0.4) is 0 Å². The number of H-pyrrole nitrogens is 1. The first-order valence-corrected chi connectivity index (χ1v) is 7.94. The van der Waals surface area contributed by atoms with E-state index in [1.165, 1.54) is 32.1 Å². The number of hydrogen-bond acceptors (Lipinski definition) is 3. The van der Waals surface area contributed by atoms with Crippen molar-refractivity contribution >= 4 is 23.0 Å². The van der Waals surface area contributed by atoms with Crippen molar-refractivity contribution in [1.29, 1.82) is 0 Å². The standard InChI is InChI=1S/C17H22N4O/c22-17(12-18-14-6-2-1-3-7-14)21-20-11-13-10-19-16-9-5-4-8-15(13)16/h4-5,8-11,14,18-19H,1-3,6-7,12H2,(H,21,22)/b20-11-. The predicted molar refractivity (Wildman–Crippen MR) is 88.9 cm³/mol. The molecule has 5 heteroatoms. The number of hydrazone groups is 1. The number of nitrogens with one attached hydrogen (secondary N) is 3. The Hall–Kier alpha value is -2.14. The summed E-state index contributed by atoms with van der Waals surface area (Å²) < 4.78 is 0. The molecule has 0 unspecified atom stereocenters. The van der Waals surface area contributed by atoms with Gasteiger partial charge in [-0.25, -0.2) is 5.43 Å². The zero-order valence-corrected chi connectivity index (χ0v) is 12.6. The molecule has 3 N–H and O–H groups in total. The van der Waals surface area contributed by atoms with Crippen molar-refractivity contribution in [1.82, 2.24) is 15.7 Å². The van der Waals surface area contributed by atoms with Crippen LogP contribution in [0.1, 0.15) is 37.7 Å². The average molecular weight is 298 g/mol. The van der Waals surface area contributed by atoms with Gasteiger partial charge in [-0.3, -0.25) is 4.79 Å². The lowest BCUT2D eigenvalue weighted by Gasteiger charge is -2.22. The van der Waals surface area contributed by atoms with Gasteiger partial charge in [0.05, 0.1) is 12.8 Å². The van der Waals surface area contributed by atoms with Crippen LogP contribution in [0.2, 0.25) is 0 Å². The number of aromatic nitrogens is 1. The lowest BCUT2D eigenvalue weighted by atomic mass is 9.95. The van der Waals surface area contributed by atoms with Gasteiger partial charge in [-0.2, -0.15) is 5.10 Å². The van der Waals surface area contributed by atoms with Gasteiger partial charge >= 0.3 is 0 Å². The summed E-state index contributed by atoms with van der Waals surface area (Å²) in [6, 6.07) is 8.49. The van der Waals surface area contributed by atoms with Gasteiger partial charge in [0.25, 0.3) is 5.91 Å². The lowest BCUT2D eigenvalue weighted by Crippen LogP contribution is -2.38. The number of nitrogens with zero attached hydrogens (tertiary/aromatic N) is 1. The summed E-state index contributed by atoms with van der Waals surface area (Å²) in [5.41, 5.74) is 4.61. The van der Waals surface area contributed by atoms with Gasteiger partial charge in [0.1, 0.15) is 0 Å². The number of hydrogen-bond donors (Lipinski definition) is 3. The number of fused-ring (bicyclic) bond motifs is 1. The van der Waals surface area contributed by atoms with Crippen LogP contribution < -0.4 is 10.7 Å². The first-order valence-electron chi connectivity index (χ1n) is 7.94. The highest BCUT2D eigenvalue weighted by atomic mass is 16.2. The third kappa shape index (κ3) is 3.74. The Morgan fingerprint density at radius 1 is 1.27 bits per heavy atom. The van der Waals surface area contributed by atoms with E-state index in [9.17, 15) is 4.79 Å². The molecule has 1 aliphatic rings. The molecular formula is C17H22N4O. The van der Waals surface area contributed by atoms with Crippen LogP contribution in [0.25, 0.3) is 10.9 Å². The van der Waals surface area contributed by atoms with Crippen molar-refractivity contribution in [3.8, 4) is 0 Å². The summed E-state index contributed by atoms with van der Waals surface area (Å²) in [7, 11) is 0. The number of rotatable bonds is 5. The maximum Gasteiger partial charge on any atom is 0.254 e. The Balaban J connectivity index is 1.48. The van der Waals surface area contributed by atoms with Gasteiger partial charge in [-0.05, 0) is 18.9 Å². The first kappa shape index (κ1) is 14.8. The minimum atomic E-state index is -0.0957. The number of aromatic amines is 1. The molecule has 0 atom stereocenters. The fraction of sp³-hybridized carbons (Fsp3) is 0.412. The number of carbonyl (C=O) groups excluding carboxylic acids is 1. The van der Waals surface area contributed by atoms with Crippen LogP contribution in [-0.4, -0.2) is 29.7 Å². The largest absolute Gasteiger partial charge is 0.361 e.